The van der Waals surface area contributed by atoms with Crippen molar-refractivity contribution in [1.29, 1.82) is 5.41 Å². The van der Waals surface area contributed by atoms with Crippen LogP contribution < -0.4 is 0 Å². The molecule has 2 aliphatic heterocycles. The molecule has 3 nitrogen and oxygen atoms in total. The van der Waals surface area contributed by atoms with Crippen molar-refractivity contribution in [3.63, 3.8) is 0 Å². The maximum Gasteiger partial charge on any atom is 0.285 e. The minimum Gasteiger partial charge on any atom is -0.455 e. The molecule has 0 spiro atoms. The molecule has 2 aliphatic rings. The number of amidine groups is 1. The third kappa shape index (κ3) is 1.47. The summed E-state index contributed by atoms with van der Waals surface area (Å²) in [5.74, 6) is 0. The summed E-state index contributed by atoms with van der Waals surface area (Å²) in [5.41, 5.74) is 1.20. The molecule has 2 atom stereocenters. The first kappa shape index (κ1) is 9.70. The standard InChI is InChI=1S/C13H16N2O/c14-13-15-9-5-4-8-11(15)12(16-13)10-6-2-1-3-7-10/h1-3,6-7,11-12,14H,4-5,8-9H2/t11-,12+/m0/s1. The average Bonchev–Trinajstić information content (AvgIpc) is 2.69. The van der Waals surface area contributed by atoms with E-state index in [9.17, 15) is 0 Å². The van der Waals surface area contributed by atoms with E-state index in [1.807, 2.05) is 18.2 Å². The number of hydrogen-bond donors (Lipinski definition) is 1. The Labute approximate surface area is 95.5 Å². The molecule has 1 aromatic carbocycles. The first-order valence-corrected chi connectivity index (χ1v) is 5.93. The van der Waals surface area contributed by atoms with Gasteiger partial charge in [0, 0.05) is 6.54 Å². The zero-order valence-electron chi connectivity index (χ0n) is 9.23. The van der Waals surface area contributed by atoms with Gasteiger partial charge in [-0.3, -0.25) is 5.41 Å². The molecule has 2 heterocycles. The predicted molar refractivity (Wildman–Crippen MR) is 62.3 cm³/mol. The zero-order chi connectivity index (χ0) is 11.0. The summed E-state index contributed by atoms with van der Waals surface area (Å²) >= 11 is 0. The lowest BCUT2D eigenvalue weighted by Crippen LogP contribution is -2.38. The number of fused-ring (bicyclic) bond motifs is 1. The summed E-state index contributed by atoms with van der Waals surface area (Å²) in [6.45, 7) is 0.979. The highest BCUT2D eigenvalue weighted by molar-refractivity contribution is 5.73. The van der Waals surface area contributed by atoms with Crippen molar-refractivity contribution in [1.82, 2.24) is 4.90 Å². The third-order valence-electron chi connectivity index (χ3n) is 3.53. The molecule has 3 rings (SSSR count). The van der Waals surface area contributed by atoms with Gasteiger partial charge in [0.05, 0.1) is 6.04 Å². The Kier molecular flexibility index (Phi) is 2.31. The van der Waals surface area contributed by atoms with E-state index in [0.29, 0.717) is 12.1 Å². The molecule has 0 saturated carbocycles. The largest absolute Gasteiger partial charge is 0.455 e. The molecule has 1 N–H and O–H groups in total. The van der Waals surface area contributed by atoms with E-state index in [-0.39, 0.29) is 6.10 Å². The summed E-state index contributed by atoms with van der Waals surface area (Å²) in [4.78, 5) is 2.11. The zero-order valence-corrected chi connectivity index (χ0v) is 9.23. The molecule has 16 heavy (non-hydrogen) atoms. The molecule has 0 unspecified atom stereocenters. The molecule has 2 saturated heterocycles. The predicted octanol–water partition coefficient (Wildman–Crippen LogP) is 2.55. The highest BCUT2D eigenvalue weighted by Gasteiger charge is 2.41. The van der Waals surface area contributed by atoms with Crippen LogP contribution in [0.3, 0.4) is 0 Å². The fraction of sp³-hybridized carbons (Fsp3) is 0.462. The minimum atomic E-state index is 0.0639. The van der Waals surface area contributed by atoms with Gasteiger partial charge in [0.1, 0.15) is 6.10 Å². The van der Waals surface area contributed by atoms with E-state index in [1.54, 1.807) is 0 Å². The molecular weight excluding hydrogens is 200 g/mol. The Morgan fingerprint density at radius 3 is 2.81 bits per heavy atom. The van der Waals surface area contributed by atoms with Crippen LogP contribution in [0.4, 0.5) is 0 Å². The number of nitrogens with one attached hydrogen (secondary N) is 1. The Bertz CT molecular complexity index is 390. The van der Waals surface area contributed by atoms with Crippen molar-refractivity contribution in [3.8, 4) is 0 Å². The maximum atomic E-state index is 7.86. The van der Waals surface area contributed by atoms with Gasteiger partial charge in [0.25, 0.3) is 6.02 Å². The van der Waals surface area contributed by atoms with Crippen molar-refractivity contribution in [2.45, 2.75) is 31.4 Å². The van der Waals surface area contributed by atoms with E-state index >= 15 is 0 Å². The Morgan fingerprint density at radius 2 is 2.00 bits per heavy atom. The molecule has 2 fully saturated rings. The third-order valence-corrected chi connectivity index (χ3v) is 3.53. The van der Waals surface area contributed by atoms with Gasteiger partial charge in [-0.15, -0.1) is 0 Å². The summed E-state index contributed by atoms with van der Waals surface area (Å²) in [5, 5.41) is 7.86. The smallest absolute Gasteiger partial charge is 0.285 e. The molecule has 0 aromatic heterocycles. The molecule has 0 aliphatic carbocycles. The second-order valence-corrected chi connectivity index (χ2v) is 4.51. The van der Waals surface area contributed by atoms with E-state index in [2.05, 4.69) is 17.0 Å². The van der Waals surface area contributed by atoms with Crippen molar-refractivity contribution in [2.24, 2.45) is 0 Å². The number of benzene rings is 1. The number of piperidine rings is 1. The monoisotopic (exact) mass is 216 g/mol. The van der Waals surface area contributed by atoms with Crippen LogP contribution in [0.1, 0.15) is 30.9 Å². The SMILES string of the molecule is N=C1O[C@H](c2ccccc2)[C@@H]2CCCCN12. The van der Waals surface area contributed by atoms with Gasteiger partial charge in [0.2, 0.25) is 0 Å². The quantitative estimate of drug-likeness (QED) is 0.783. The normalized spacial score (nSPS) is 28.8. The fourth-order valence-electron chi connectivity index (χ4n) is 2.72. The second-order valence-electron chi connectivity index (χ2n) is 4.51. The van der Waals surface area contributed by atoms with Crippen LogP contribution in [0.2, 0.25) is 0 Å². The number of nitrogens with zero attached hydrogens (tertiary/aromatic N) is 1. The van der Waals surface area contributed by atoms with Crippen LogP contribution in [0.15, 0.2) is 30.3 Å². The van der Waals surface area contributed by atoms with Crippen molar-refractivity contribution in [3.05, 3.63) is 35.9 Å². The molecule has 0 amide bonds. The molecule has 84 valence electrons. The first-order valence-electron chi connectivity index (χ1n) is 5.93. The minimum absolute atomic E-state index is 0.0639. The summed E-state index contributed by atoms with van der Waals surface area (Å²) < 4.78 is 5.70. The first-order chi connectivity index (χ1) is 7.86. The van der Waals surface area contributed by atoms with Gasteiger partial charge in [-0.1, -0.05) is 30.3 Å². The Hall–Kier alpha value is -1.51. The topological polar surface area (TPSA) is 36.3 Å². The number of rotatable bonds is 1. The van der Waals surface area contributed by atoms with E-state index < -0.39 is 0 Å². The van der Waals surface area contributed by atoms with E-state index in [0.717, 1.165) is 13.0 Å². The summed E-state index contributed by atoms with van der Waals surface area (Å²) in [6, 6.07) is 11.0. The Morgan fingerprint density at radius 1 is 1.19 bits per heavy atom. The van der Waals surface area contributed by atoms with Gasteiger partial charge < -0.3 is 9.64 Å². The molecule has 1 aromatic rings. The Balaban J connectivity index is 1.89. The van der Waals surface area contributed by atoms with Crippen LogP contribution >= 0.6 is 0 Å². The molecular formula is C13H16N2O. The lowest BCUT2D eigenvalue weighted by Gasteiger charge is -2.29. The van der Waals surface area contributed by atoms with Crippen LogP contribution in [0, 0.1) is 5.41 Å². The maximum absolute atomic E-state index is 7.86. The van der Waals surface area contributed by atoms with E-state index in [4.69, 9.17) is 10.1 Å². The van der Waals surface area contributed by atoms with Crippen molar-refractivity contribution in [2.75, 3.05) is 6.54 Å². The van der Waals surface area contributed by atoms with Crippen LogP contribution in [0.5, 0.6) is 0 Å². The number of ether oxygens (including phenoxy) is 1. The van der Waals surface area contributed by atoms with E-state index in [1.165, 1.54) is 18.4 Å². The lowest BCUT2D eigenvalue weighted by atomic mass is 9.94. The summed E-state index contributed by atoms with van der Waals surface area (Å²) in [6.07, 6.45) is 3.64. The highest BCUT2D eigenvalue weighted by Crippen LogP contribution is 2.37. The van der Waals surface area contributed by atoms with Crippen molar-refractivity contribution >= 4 is 6.02 Å². The number of hydrogen-bond acceptors (Lipinski definition) is 2. The lowest BCUT2D eigenvalue weighted by molar-refractivity contribution is 0.167. The molecule has 0 radical (unpaired) electrons. The van der Waals surface area contributed by atoms with Gasteiger partial charge >= 0.3 is 0 Å². The van der Waals surface area contributed by atoms with Crippen LogP contribution in [0.25, 0.3) is 0 Å². The second kappa shape index (κ2) is 3.81. The molecule has 0 bridgehead atoms. The molecule has 3 heteroatoms. The highest BCUT2D eigenvalue weighted by atomic mass is 16.5. The summed E-state index contributed by atoms with van der Waals surface area (Å²) in [7, 11) is 0. The van der Waals surface area contributed by atoms with Gasteiger partial charge in [0.15, 0.2) is 0 Å². The van der Waals surface area contributed by atoms with Gasteiger partial charge in [-0.25, -0.2) is 0 Å². The van der Waals surface area contributed by atoms with Gasteiger partial charge in [-0.05, 0) is 24.8 Å². The van der Waals surface area contributed by atoms with Crippen molar-refractivity contribution < 1.29 is 4.74 Å². The van der Waals surface area contributed by atoms with Crippen LogP contribution in [-0.2, 0) is 4.74 Å². The average molecular weight is 216 g/mol. The van der Waals surface area contributed by atoms with Gasteiger partial charge in [-0.2, -0.15) is 0 Å². The van der Waals surface area contributed by atoms with Crippen LogP contribution in [-0.4, -0.2) is 23.5 Å². The fourth-order valence-corrected chi connectivity index (χ4v) is 2.72.